The zero-order valence-corrected chi connectivity index (χ0v) is 11.7. The second kappa shape index (κ2) is 6.11. The summed E-state index contributed by atoms with van der Waals surface area (Å²) in [6.45, 7) is 0.795. The molecule has 0 bridgehead atoms. The van der Waals surface area contributed by atoms with Crippen LogP contribution in [-0.2, 0) is 9.59 Å². The molecule has 2 fully saturated rings. The van der Waals surface area contributed by atoms with Crippen molar-refractivity contribution in [1.82, 2.24) is 15.1 Å². The Hall–Kier alpha value is -1.79. The van der Waals surface area contributed by atoms with E-state index in [4.69, 9.17) is 5.11 Å². The summed E-state index contributed by atoms with van der Waals surface area (Å²) < 4.78 is 0. The van der Waals surface area contributed by atoms with Gasteiger partial charge < -0.3 is 20.2 Å². The molecule has 1 atom stereocenters. The predicted octanol–water partition coefficient (Wildman–Crippen LogP) is 0.113. The maximum absolute atomic E-state index is 12.2. The van der Waals surface area contributed by atoms with Crippen molar-refractivity contribution in [3.63, 3.8) is 0 Å². The first-order valence-corrected chi connectivity index (χ1v) is 6.99. The summed E-state index contributed by atoms with van der Waals surface area (Å²) >= 11 is 0. The fourth-order valence-corrected chi connectivity index (χ4v) is 2.38. The smallest absolute Gasteiger partial charge is 0.320 e. The average molecular weight is 283 g/mol. The maximum Gasteiger partial charge on any atom is 0.320 e. The summed E-state index contributed by atoms with van der Waals surface area (Å²) in [6, 6.07) is -0.000670. The Morgan fingerprint density at radius 1 is 1.30 bits per heavy atom. The molecular formula is C13H21N3O4. The van der Waals surface area contributed by atoms with E-state index in [9.17, 15) is 14.4 Å². The second-order valence-electron chi connectivity index (χ2n) is 5.60. The van der Waals surface area contributed by atoms with Crippen LogP contribution in [0.15, 0.2) is 0 Å². The summed E-state index contributed by atoms with van der Waals surface area (Å²) in [5.74, 6) is -1.52. The Morgan fingerprint density at radius 3 is 2.60 bits per heavy atom. The van der Waals surface area contributed by atoms with Gasteiger partial charge in [0.1, 0.15) is 6.54 Å². The minimum absolute atomic E-state index is 0.0174. The topological polar surface area (TPSA) is 90.0 Å². The highest BCUT2D eigenvalue weighted by Gasteiger charge is 2.30. The first-order chi connectivity index (χ1) is 9.47. The third-order valence-electron chi connectivity index (χ3n) is 3.69. The number of carbonyl (C=O) groups excluding carboxylic acids is 2. The third kappa shape index (κ3) is 3.85. The second-order valence-corrected chi connectivity index (χ2v) is 5.60. The van der Waals surface area contributed by atoms with Crippen LogP contribution in [0.25, 0.3) is 0 Å². The molecule has 112 valence electrons. The first kappa shape index (κ1) is 14.6. The molecule has 1 saturated heterocycles. The summed E-state index contributed by atoms with van der Waals surface area (Å²) in [5.41, 5.74) is 0. The highest BCUT2D eigenvalue weighted by molar-refractivity contribution is 5.84. The van der Waals surface area contributed by atoms with Gasteiger partial charge in [0.15, 0.2) is 0 Å². The van der Waals surface area contributed by atoms with Crippen LogP contribution in [0.1, 0.15) is 25.7 Å². The van der Waals surface area contributed by atoms with Crippen LogP contribution >= 0.6 is 0 Å². The number of rotatable bonds is 4. The summed E-state index contributed by atoms with van der Waals surface area (Å²) in [7, 11) is 1.57. The van der Waals surface area contributed by atoms with Gasteiger partial charge in [-0.3, -0.25) is 9.59 Å². The number of nitrogens with zero attached hydrogens (tertiary/aromatic N) is 2. The standard InChI is InChI=1S/C13H21N3O4/c1-15(8-11(17)14-10-4-5-10)13(20)16-6-2-3-9(7-16)12(18)19/h9-10H,2-8H2,1H3,(H,14,17)(H,18,19). The lowest BCUT2D eigenvalue weighted by atomic mass is 9.99. The van der Waals surface area contributed by atoms with E-state index in [2.05, 4.69) is 5.32 Å². The van der Waals surface area contributed by atoms with Gasteiger partial charge in [0, 0.05) is 26.2 Å². The monoisotopic (exact) mass is 283 g/mol. The molecule has 20 heavy (non-hydrogen) atoms. The minimum Gasteiger partial charge on any atom is -0.481 e. The lowest BCUT2D eigenvalue weighted by Crippen LogP contribution is -2.49. The summed E-state index contributed by atoms with van der Waals surface area (Å²) in [4.78, 5) is 37.7. The Morgan fingerprint density at radius 2 is 2.00 bits per heavy atom. The number of likely N-dealkylation sites (tertiary alicyclic amines) is 1. The highest BCUT2D eigenvalue weighted by atomic mass is 16.4. The van der Waals surface area contributed by atoms with Crippen LogP contribution in [0.5, 0.6) is 0 Å². The first-order valence-electron chi connectivity index (χ1n) is 6.99. The van der Waals surface area contributed by atoms with E-state index in [0.717, 1.165) is 12.8 Å². The molecule has 2 N–H and O–H groups in total. The molecule has 0 radical (unpaired) electrons. The molecule has 7 nitrogen and oxygen atoms in total. The van der Waals surface area contributed by atoms with E-state index in [0.29, 0.717) is 19.4 Å². The van der Waals surface area contributed by atoms with E-state index in [1.807, 2.05) is 0 Å². The van der Waals surface area contributed by atoms with Crippen molar-refractivity contribution in [1.29, 1.82) is 0 Å². The third-order valence-corrected chi connectivity index (χ3v) is 3.69. The molecule has 1 saturated carbocycles. The SMILES string of the molecule is CN(CC(=O)NC1CC1)C(=O)N1CCCC(C(=O)O)C1. The van der Waals surface area contributed by atoms with Crippen molar-refractivity contribution in [2.75, 3.05) is 26.7 Å². The van der Waals surface area contributed by atoms with Crippen molar-refractivity contribution in [3.8, 4) is 0 Å². The van der Waals surface area contributed by atoms with Gasteiger partial charge in [0.05, 0.1) is 5.92 Å². The van der Waals surface area contributed by atoms with E-state index >= 15 is 0 Å². The van der Waals surface area contributed by atoms with Crippen LogP contribution < -0.4 is 5.32 Å². The average Bonchev–Trinajstić information content (AvgIpc) is 3.21. The number of hydrogen-bond donors (Lipinski definition) is 2. The molecule has 0 spiro atoms. The number of piperidine rings is 1. The Labute approximate surface area is 117 Å². The van der Waals surface area contributed by atoms with E-state index in [-0.39, 0.29) is 31.1 Å². The van der Waals surface area contributed by atoms with Gasteiger partial charge in [0.25, 0.3) is 0 Å². The van der Waals surface area contributed by atoms with Crippen molar-refractivity contribution >= 4 is 17.9 Å². The van der Waals surface area contributed by atoms with E-state index < -0.39 is 11.9 Å². The number of hydrogen-bond acceptors (Lipinski definition) is 3. The molecule has 2 rings (SSSR count). The molecule has 1 heterocycles. The van der Waals surface area contributed by atoms with Crippen molar-refractivity contribution < 1.29 is 19.5 Å². The number of amides is 3. The van der Waals surface area contributed by atoms with Crippen LogP contribution in [0.3, 0.4) is 0 Å². The van der Waals surface area contributed by atoms with Gasteiger partial charge in [-0.1, -0.05) is 0 Å². The number of urea groups is 1. The molecule has 3 amide bonds. The maximum atomic E-state index is 12.2. The number of likely N-dealkylation sites (N-methyl/N-ethyl adjacent to an activating group) is 1. The zero-order valence-electron chi connectivity index (χ0n) is 11.7. The quantitative estimate of drug-likeness (QED) is 0.766. The number of nitrogens with one attached hydrogen (secondary N) is 1. The number of aliphatic carboxylic acids is 1. The molecule has 1 aliphatic heterocycles. The highest BCUT2D eigenvalue weighted by Crippen LogP contribution is 2.19. The number of carboxylic acids is 1. The normalized spacial score (nSPS) is 22.2. The van der Waals surface area contributed by atoms with Crippen molar-refractivity contribution in [2.45, 2.75) is 31.7 Å². The fourth-order valence-electron chi connectivity index (χ4n) is 2.38. The number of carbonyl (C=O) groups is 3. The van der Waals surface area contributed by atoms with Gasteiger partial charge in [-0.2, -0.15) is 0 Å². The Balaban J connectivity index is 1.82. The zero-order chi connectivity index (χ0) is 14.7. The van der Waals surface area contributed by atoms with E-state index in [1.165, 1.54) is 9.80 Å². The molecule has 0 aromatic carbocycles. The molecule has 0 aromatic heterocycles. The molecule has 0 aromatic rings. The molecule has 2 aliphatic rings. The van der Waals surface area contributed by atoms with Gasteiger partial charge in [-0.25, -0.2) is 4.79 Å². The van der Waals surface area contributed by atoms with Gasteiger partial charge in [0.2, 0.25) is 5.91 Å². The summed E-state index contributed by atoms with van der Waals surface area (Å²) in [5, 5.41) is 11.8. The predicted molar refractivity (Wildman–Crippen MR) is 71.1 cm³/mol. The molecular weight excluding hydrogens is 262 g/mol. The molecule has 1 unspecified atom stereocenters. The van der Waals surface area contributed by atoms with Gasteiger partial charge in [-0.05, 0) is 25.7 Å². The van der Waals surface area contributed by atoms with Crippen LogP contribution in [-0.4, -0.2) is 65.5 Å². The Bertz CT molecular complexity index is 408. The fraction of sp³-hybridized carbons (Fsp3) is 0.769. The molecule has 1 aliphatic carbocycles. The van der Waals surface area contributed by atoms with Gasteiger partial charge >= 0.3 is 12.0 Å². The minimum atomic E-state index is -0.864. The largest absolute Gasteiger partial charge is 0.481 e. The lowest BCUT2D eigenvalue weighted by Gasteiger charge is -2.33. The lowest BCUT2D eigenvalue weighted by molar-refractivity contribution is -0.143. The van der Waals surface area contributed by atoms with Gasteiger partial charge in [-0.15, -0.1) is 0 Å². The Kier molecular flexibility index (Phi) is 4.46. The molecule has 7 heteroatoms. The van der Waals surface area contributed by atoms with Crippen LogP contribution in [0.4, 0.5) is 4.79 Å². The van der Waals surface area contributed by atoms with E-state index in [1.54, 1.807) is 7.05 Å². The van der Waals surface area contributed by atoms with Crippen LogP contribution in [0, 0.1) is 5.92 Å². The van der Waals surface area contributed by atoms with Crippen LogP contribution in [0.2, 0.25) is 0 Å². The number of carboxylic acid groups (broad SMARTS) is 1. The van der Waals surface area contributed by atoms with Crippen molar-refractivity contribution in [3.05, 3.63) is 0 Å². The summed E-state index contributed by atoms with van der Waals surface area (Å²) in [6.07, 6.45) is 3.31. The van der Waals surface area contributed by atoms with Crippen molar-refractivity contribution in [2.24, 2.45) is 5.92 Å².